The number of benzene rings is 2. The van der Waals surface area contributed by atoms with Gasteiger partial charge in [-0.2, -0.15) is 5.26 Å². The van der Waals surface area contributed by atoms with E-state index < -0.39 is 4.92 Å². The molecule has 20 heavy (non-hydrogen) atoms. The summed E-state index contributed by atoms with van der Waals surface area (Å²) < 4.78 is 5.78. The van der Waals surface area contributed by atoms with Crippen molar-refractivity contribution in [1.82, 2.24) is 0 Å². The fourth-order valence-corrected chi connectivity index (χ4v) is 2.20. The van der Waals surface area contributed by atoms with Gasteiger partial charge in [-0.05, 0) is 34.1 Å². The molecule has 0 aliphatic carbocycles. The van der Waals surface area contributed by atoms with E-state index in [2.05, 4.69) is 15.9 Å². The molecular weight excluding hydrogens is 348 g/mol. The number of nitro benzene ring substituents is 1. The Balaban J connectivity index is 2.36. The molecule has 0 bridgehead atoms. The van der Waals surface area contributed by atoms with Crippen LogP contribution in [0.3, 0.4) is 0 Å². The molecular formula is C13H6BrClN2O3. The number of nitro groups is 1. The smallest absolute Gasteiger partial charge is 0.287 e. The highest BCUT2D eigenvalue weighted by molar-refractivity contribution is 9.10. The number of rotatable bonds is 3. The van der Waals surface area contributed by atoms with Crippen LogP contribution in [0.4, 0.5) is 5.69 Å². The van der Waals surface area contributed by atoms with Crippen LogP contribution in [0.2, 0.25) is 5.02 Å². The molecule has 0 amide bonds. The van der Waals surface area contributed by atoms with E-state index in [9.17, 15) is 10.1 Å². The van der Waals surface area contributed by atoms with Gasteiger partial charge in [0.05, 0.1) is 15.5 Å². The zero-order valence-corrected chi connectivity index (χ0v) is 12.2. The van der Waals surface area contributed by atoms with E-state index in [-0.39, 0.29) is 15.2 Å². The Bertz CT molecular complexity index is 728. The lowest BCUT2D eigenvalue weighted by Crippen LogP contribution is -1.92. The minimum absolute atomic E-state index is 0.0951. The van der Waals surface area contributed by atoms with Gasteiger partial charge in [0.15, 0.2) is 0 Å². The number of nitriles is 1. The summed E-state index contributed by atoms with van der Waals surface area (Å²) in [5, 5.41) is 19.9. The number of halogens is 2. The summed E-state index contributed by atoms with van der Waals surface area (Å²) in [4.78, 5) is 10.3. The van der Waals surface area contributed by atoms with Gasteiger partial charge >= 0.3 is 0 Å². The second-order valence-electron chi connectivity index (χ2n) is 3.70. The zero-order chi connectivity index (χ0) is 14.7. The molecule has 0 aromatic heterocycles. The SMILES string of the molecule is N#Cc1ccc(Oc2cccc([N+](=O)[O-])c2Br)cc1Cl. The summed E-state index contributed by atoms with van der Waals surface area (Å²) in [6, 6.07) is 11.0. The van der Waals surface area contributed by atoms with E-state index >= 15 is 0 Å². The molecule has 2 aromatic rings. The summed E-state index contributed by atoms with van der Waals surface area (Å²) in [6.07, 6.45) is 0. The summed E-state index contributed by atoms with van der Waals surface area (Å²) in [7, 11) is 0. The standard InChI is InChI=1S/C13H6BrClN2O3/c14-13-11(17(18)19)2-1-3-12(13)20-9-5-4-8(7-16)10(15)6-9/h1-6H. The second-order valence-corrected chi connectivity index (χ2v) is 4.90. The molecule has 0 heterocycles. The molecule has 0 spiro atoms. The van der Waals surface area contributed by atoms with Gasteiger partial charge in [-0.15, -0.1) is 0 Å². The molecule has 0 radical (unpaired) electrons. The molecule has 100 valence electrons. The lowest BCUT2D eigenvalue weighted by Gasteiger charge is -2.08. The van der Waals surface area contributed by atoms with Crippen LogP contribution in [0.5, 0.6) is 11.5 Å². The van der Waals surface area contributed by atoms with Crippen molar-refractivity contribution in [2.45, 2.75) is 0 Å². The largest absolute Gasteiger partial charge is 0.456 e. The van der Waals surface area contributed by atoms with Crippen molar-refractivity contribution in [2.24, 2.45) is 0 Å². The van der Waals surface area contributed by atoms with Crippen LogP contribution in [0.15, 0.2) is 40.9 Å². The third-order valence-electron chi connectivity index (χ3n) is 2.43. The molecule has 0 N–H and O–H groups in total. The normalized spacial score (nSPS) is 9.85. The van der Waals surface area contributed by atoms with Gasteiger partial charge in [0.2, 0.25) is 0 Å². The van der Waals surface area contributed by atoms with Crippen LogP contribution in [-0.4, -0.2) is 4.92 Å². The lowest BCUT2D eigenvalue weighted by atomic mass is 10.2. The summed E-state index contributed by atoms with van der Waals surface area (Å²) in [5.41, 5.74) is 0.236. The van der Waals surface area contributed by atoms with Crippen LogP contribution < -0.4 is 4.74 Å². The van der Waals surface area contributed by atoms with Gasteiger partial charge in [-0.25, -0.2) is 0 Å². The van der Waals surface area contributed by atoms with E-state index in [1.165, 1.54) is 24.3 Å². The Morgan fingerprint density at radius 3 is 2.70 bits per heavy atom. The van der Waals surface area contributed by atoms with Crippen molar-refractivity contribution in [2.75, 3.05) is 0 Å². The highest BCUT2D eigenvalue weighted by Crippen LogP contribution is 2.37. The number of ether oxygens (including phenoxy) is 1. The Labute approximate surface area is 127 Å². The Morgan fingerprint density at radius 1 is 1.35 bits per heavy atom. The maximum absolute atomic E-state index is 10.8. The molecule has 5 nitrogen and oxygen atoms in total. The number of hydrogen-bond donors (Lipinski definition) is 0. The highest BCUT2D eigenvalue weighted by Gasteiger charge is 2.16. The lowest BCUT2D eigenvalue weighted by molar-refractivity contribution is -0.385. The summed E-state index contributed by atoms with van der Waals surface area (Å²) >= 11 is 9.03. The zero-order valence-electron chi connectivity index (χ0n) is 9.84. The minimum atomic E-state index is -0.511. The fourth-order valence-electron chi connectivity index (χ4n) is 1.50. The van der Waals surface area contributed by atoms with Gasteiger partial charge in [0.25, 0.3) is 5.69 Å². The van der Waals surface area contributed by atoms with Crippen molar-refractivity contribution >= 4 is 33.2 Å². The molecule has 0 saturated heterocycles. The first-order valence-corrected chi connectivity index (χ1v) is 6.50. The molecule has 0 fully saturated rings. The monoisotopic (exact) mass is 352 g/mol. The van der Waals surface area contributed by atoms with Gasteiger partial charge in [-0.3, -0.25) is 10.1 Å². The van der Waals surface area contributed by atoms with Gasteiger partial charge in [0, 0.05) is 12.1 Å². The van der Waals surface area contributed by atoms with Crippen molar-refractivity contribution < 1.29 is 9.66 Å². The maximum Gasteiger partial charge on any atom is 0.287 e. The molecule has 2 rings (SSSR count). The Hall–Kier alpha value is -2.10. The Kier molecular flexibility index (Phi) is 4.23. The van der Waals surface area contributed by atoms with E-state index in [1.54, 1.807) is 12.1 Å². The van der Waals surface area contributed by atoms with E-state index in [4.69, 9.17) is 21.6 Å². The van der Waals surface area contributed by atoms with E-state index in [0.717, 1.165) is 0 Å². The molecule has 0 unspecified atom stereocenters. The van der Waals surface area contributed by atoms with Gasteiger partial charge in [0.1, 0.15) is 22.0 Å². The minimum Gasteiger partial charge on any atom is -0.456 e. The average Bonchev–Trinajstić information content (AvgIpc) is 2.41. The van der Waals surface area contributed by atoms with E-state index in [1.807, 2.05) is 6.07 Å². The summed E-state index contributed by atoms with van der Waals surface area (Å²) in [5.74, 6) is 0.676. The highest BCUT2D eigenvalue weighted by atomic mass is 79.9. The predicted octanol–water partition coefficient (Wildman–Crippen LogP) is 4.67. The number of hydrogen-bond acceptors (Lipinski definition) is 4. The fraction of sp³-hybridized carbons (Fsp3) is 0. The van der Waals surface area contributed by atoms with Crippen LogP contribution in [0.25, 0.3) is 0 Å². The first-order valence-electron chi connectivity index (χ1n) is 5.33. The van der Waals surface area contributed by atoms with Crippen molar-refractivity contribution in [3.05, 3.63) is 61.6 Å². The first kappa shape index (κ1) is 14.3. The molecule has 2 aromatic carbocycles. The van der Waals surface area contributed by atoms with Crippen LogP contribution in [0, 0.1) is 21.4 Å². The van der Waals surface area contributed by atoms with E-state index in [0.29, 0.717) is 17.1 Å². The topological polar surface area (TPSA) is 76.2 Å². The van der Waals surface area contributed by atoms with Crippen molar-refractivity contribution in [3.63, 3.8) is 0 Å². The average molecular weight is 354 g/mol. The van der Waals surface area contributed by atoms with Crippen molar-refractivity contribution in [1.29, 1.82) is 5.26 Å². The van der Waals surface area contributed by atoms with Crippen molar-refractivity contribution in [3.8, 4) is 17.6 Å². The quantitative estimate of drug-likeness (QED) is 0.593. The second kappa shape index (κ2) is 5.90. The predicted molar refractivity (Wildman–Crippen MR) is 77.0 cm³/mol. The third-order valence-corrected chi connectivity index (χ3v) is 3.54. The van der Waals surface area contributed by atoms with Crippen LogP contribution in [-0.2, 0) is 0 Å². The maximum atomic E-state index is 10.8. The Morgan fingerprint density at radius 2 is 2.10 bits per heavy atom. The molecule has 0 saturated carbocycles. The number of nitrogens with zero attached hydrogens (tertiary/aromatic N) is 2. The molecule has 0 aliphatic rings. The van der Waals surface area contributed by atoms with Gasteiger partial charge in [-0.1, -0.05) is 17.7 Å². The molecule has 7 heteroatoms. The molecule has 0 atom stereocenters. The van der Waals surface area contributed by atoms with Crippen LogP contribution >= 0.6 is 27.5 Å². The first-order chi connectivity index (χ1) is 9.52. The summed E-state index contributed by atoms with van der Waals surface area (Å²) in [6.45, 7) is 0. The van der Waals surface area contributed by atoms with Crippen LogP contribution in [0.1, 0.15) is 5.56 Å². The molecule has 0 aliphatic heterocycles. The third kappa shape index (κ3) is 2.90. The van der Waals surface area contributed by atoms with Gasteiger partial charge < -0.3 is 4.74 Å².